The van der Waals surface area contributed by atoms with Gasteiger partial charge in [-0.3, -0.25) is 4.79 Å². The zero-order chi connectivity index (χ0) is 25.5. The van der Waals surface area contributed by atoms with Gasteiger partial charge in [-0.15, -0.1) is 0 Å². The molecule has 1 aliphatic heterocycles. The Morgan fingerprint density at radius 1 is 0.833 bits per heavy atom. The number of carbonyl (C=O) groups excluding carboxylic acids is 1. The van der Waals surface area contributed by atoms with E-state index in [0.717, 1.165) is 11.1 Å². The number of benzene rings is 3. The minimum absolute atomic E-state index is 0.0610. The first-order valence-corrected chi connectivity index (χ1v) is 13.4. The summed E-state index contributed by atoms with van der Waals surface area (Å²) < 4.78 is 38.5. The largest absolute Gasteiger partial charge is 0.493 e. The van der Waals surface area contributed by atoms with Crippen molar-refractivity contribution in [3.05, 3.63) is 90.0 Å². The Labute approximate surface area is 213 Å². The molecule has 0 aromatic heterocycles. The molecule has 0 saturated carbocycles. The molecule has 1 fully saturated rings. The molecular formula is C28H32N2O5S. The number of rotatable bonds is 9. The van der Waals surface area contributed by atoms with Crippen molar-refractivity contribution in [1.29, 1.82) is 0 Å². The molecule has 0 atom stereocenters. The summed E-state index contributed by atoms with van der Waals surface area (Å²) in [5.74, 6) is 0.666. The van der Waals surface area contributed by atoms with Crippen LogP contribution in [0.15, 0.2) is 83.8 Å². The van der Waals surface area contributed by atoms with Gasteiger partial charge in [-0.2, -0.15) is 4.31 Å². The highest BCUT2D eigenvalue weighted by Crippen LogP contribution is 2.32. The monoisotopic (exact) mass is 508 g/mol. The number of sulfonamides is 1. The van der Waals surface area contributed by atoms with Gasteiger partial charge in [0.15, 0.2) is 11.5 Å². The number of methoxy groups -OCH3 is 2. The van der Waals surface area contributed by atoms with Crippen molar-refractivity contribution < 1.29 is 22.7 Å². The van der Waals surface area contributed by atoms with Gasteiger partial charge >= 0.3 is 0 Å². The van der Waals surface area contributed by atoms with Gasteiger partial charge in [0.25, 0.3) is 0 Å². The first kappa shape index (κ1) is 25.7. The number of ether oxygens (including phenoxy) is 2. The van der Waals surface area contributed by atoms with E-state index in [1.807, 2.05) is 65.6 Å². The second-order valence-electron chi connectivity index (χ2n) is 8.86. The summed E-state index contributed by atoms with van der Waals surface area (Å²) in [7, 11) is -0.732. The summed E-state index contributed by atoms with van der Waals surface area (Å²) >= 11 is 0. The average Bonchev–Trinajstić information content (AvgIpc) is 2.93. The molecule has 7 nitrogen and oxygen atoms in total. The van der Waals surface area contributed by atoms with E-state index in [2.05, 4.69) is 0 Å². The van der Waals surface area contributed by atoms with Crippen LogP contribution in [0.1, 0.15) is 24.0 Å². The predicted molar refractivity (Wildman–Crippen MR) is 138 cm³/mol. The van der Waals surface area contributed by atoms with Crippen LogP contribution in [0, 0.1) is 5.92 Å². The maximum Gasteiger partial charge on any atom is 0.243 e. The molecule has 36 heavy (non-hydrogen) atoms. The van der Waals surface area contributed by atoms with Gasteiger partial charge < -0.3 is 14.4 Å². The molecule has 8 heteroatoms. The summed E-state index contributed by atoms with van der Waals surface area (Å²) in [5.41, 5.74) is 2.13. The lowest BCUT2D eigenvalue weighted by molar-refractivity contribution is -0.138. The Morgan fingerprint density at radius 3 is 1.86 bits per heavy atom. The minimum Gasteiger partial charge on any atom is -0.493 e. The van der Waals surface area contributed by atoms with Crippen LogP contribution in [0.5, 0.6) is 11.5 Å². The van der Waals surface area contributed by atoms with Crippen LogP contribution in [0.3, 0.4) is 0 Å². The summed E-state index contributed by atoms with van der Waals surface area (Å²) in [4.78, 5) is 15.7. The highest BCUT2D eigenvalue weighted by atomic mass is 32.2. The number of hydrogen-bond donors (Lipinski definition) is 0. The van der Waals surface area contributed by atoms with Crippen LogP contribution >= 0.6 is 0 Å². The Balaban J connectivity index is 1.46. The Hall–Kier alpha value is -3.36. The van der Waals surface area contributed by atoms with Crippen molar-refractivity contribution in [2.24, 2.45) is 5.92 Å². The third kappa shape index (κ3) is 5.88. The van der Waals surface area contributed by atoms with Gasteiger partial charge in [-0.05, 0) is 36.1 Å². The standard InChI is InChI=1S/C28H32N2O5S/c1-34-26-14-13-25(19-27(26)35-2)36(32,33)30-17-15-24(16-18-30)28(31)29(20-22-9-5-3-6-10-22)21-23-11-7-4-8-12-23/h3-14,19,24H,15-18,20-21H2,1-2H3. The smallest absolute Gasteiger partial charge is 0.243 e. The lowest BCUT2D eigenvalue weighted by atomic mass is 9.96. The molecule has 3 aromatic rings. The van der Waals surface area contributed by atoms with Gasteiger partial charge in [0.2, 0.25) is 15.9 Å². The minimum atomic E-state index is -3.71. The fraction of sp³-hybridized carbons (Fsp3) is 0.321. The maximum absolute atomic E-state index is 13.6. The third-order valence-electron chi connectivity index (χ3n) is 6.54. The van der Waals surface area contributed by atoms with Crippen LogP contribution in [0.4, 0.5) is 0 Å². The molecule has 1 amide bonds. The van der Waals surface area contributed by atoms with Gasteiger partial charge in [0, 0.05) is 38.2 Å². The molecule has 1 saturated heterocycles. The van der Waals surface area contributed by atoms with Crippen LogP contribution in [-0.4, -0.2) is 50.8 Å². The van der Waals surface area contributed by atoms with E-state index < -0.39 is 10.0 Å². The molecular weight excluding hydrogens is 476 g/mol. The summed E-state index contributed by atoms with van der Waals surface area (Å²) in [6.45, 7) is 1.60. The number of piperidine rings is 1. The fourth-order valence-electron chi connectivity index (χ4n) is 4.55. The van der Waals surface area contributed by atoms with Crippen molar-refractivity contribution in [2.75, 3.05) is 27.3 Å². The zero-order valence-corrected chi connectivity index (χ0v) is 21.5. The SMILES string of the molecule is COc1ccc(S(=O)(=O)N2CCC(C(=O)N(Cc3ccccc3)Cc3ccccc3)CC2)cc1OC. The zero-order valence-electron chi connectivity index (χ0n) is 20.7. The second kappa shape index (κ2) is 11.6. The number of hydrogen-bond acceptors (Lipinski definition) is 5. The van der Waals surface area contributed by atoms with E-state index in [4.69, 9.17) is 9.47 Å². The van der Waals surface area contributed by atoms with Gasteiger partial charge in [-0.1, -0.05) is 60.7 Å². The molecule has 0 spiro atoms. The molecule has 0 radical (unpaired) electrons. The van der Waals surface area contributed by atoms with E-state index in [9.17, 15) is 13.2 Å². The highest BCUT2D eigenvalue weighted by molar-refractivity contribution is 7.89. The van der Waals surface area contributed by atoms with Gasteiger partial charge in [0.1, 0.15) is 0 Å². The van der Waals surface area contributed by atoms with Crippen molar-refractivity contribution in [2.45, 2.75) is 30.8 Å². The summed E-state index contributed by atoms with van der Waals surface area (Å²) in [6, 6.07) is 24.5. The second-order valence-corrected chi connectivity index (χ2v) is 10.8. The topological polar surface area (TPSA) is 76.2 Å². The first-order chi connectivity index (χ1) is 17.4. The molecule has 0 aliphatic carbocycles. The van der Waals surface area contributed by atoms with Crippen molar-refractivity contribution in [3.8, 4) is 11.5 Å². The van der Waals surface area contributed by atoms with E-state index >= 15 is 0 Å². The fourth-order valence-corrected chi connectivity index (χ4v) is 6.03. The third-order valence-corrected chi connectivity index (χ3v) is 8.43. The average molecular weight is 509 g/mol. The van der Waals surface area contributed by atoms with Crippen molar-refractivity contribution >= 4 is 15.9 Å². The Morgan fingerprint density at radius 2 is 1.36 bits per heavy atom. The first-order valence-electron chi connectivity index (χ1n) is 12.0. The Bertz CT molecular complexity index is 1220. The lowest BCUT2D eigenvalue weighted by Crippen LogP contribution is -2.44. The number of nitrogens with zero attached hydrogens (tertiary/aromatic N) is 2. The summed E-state index contributed by atoms with van der Waals surface area (Å²) in [6.07, 6.45) is 0.955. The highest BCUT2D eigenvalue weighted by Gasteiger charge is 2.34. The molecule has 0 N–H and O–H groups in total. The molecule has 0 unspecified atom stereocenters. The molecule has 0 bridgehead atoms. The number of amides is 1. The van der Waals surface area contributed by atoms with E-state index in [-0.39, 0.29) is 29.8 Å². The van der Waals surface area contributed by atoms with Crippen molar-refractivity contribution in [1.82, 2.24) is 9.21 Å². The molecule has 1 aliphatic rings. The Kier molecular flexibility index (Phi) is 8.28. The quantitative estimate of drug-likeness (QED) is 0.430. The van der Waals surface area contributed by atoms with Crippen LogP contribution < -0.4 is 9.47 Å². The summed E-state index contributed by atoms with van der Waals surface area (Å²) in [5, 5.41) is 0. The van der Waals surface area contributed by atoms with E-state index in [1.165, 1.54) is 30.7 Å². The molecule has 3 aromatic carbocycles. The normalized spacial score (nSPS) is 14.8. The predicted octanol–water partition coefficient (Wildman–Crippen LogP) is 4.33. The van der Waals surface area contributed by atoms with Gasteiger partial charge in [-0.25, -0.2) is 8.42 Å². The number of carbonyl (C=O) groups is 1. The van der Waals surface area contributed by atoms with Crippen LogP contribution in [-0.2, 0) is 27.9 Å². The van der Waals surface area contributed by atoms with E-state index in [0.29, 0.717) is 37.4 Å². The maximum atomic E-state index is 13.6. The van der Waals surface area contributed by atoms with Crippen LogP contribution in [0.25, 0.3) is 0 Å². The van der Waals surface area contributed by atoms with Gasteiger partial charge in [0.05, 0.1) is 19.1 Å². The molecule has 190 valence electrons. The molecule has 1 heterocycles. The van der Waals surface area contributed by atoms with Crippen molar-refractivity contribution in [3.63, 3.8) is 0 Å². The lowest BCUT2D eigenvalue weighted by Gasteiger charge is -2.34. The van der Waals surface area contributed by atoms with E-state index in [1.54, 1.807) is 6.07 Å². The molecule has 4 rings (SSSR count). The van der Waals surface area contributed by atoms with Crippen LogP contribution in [0.2, 0.25) is 0 Å².